The van der Waals surface area contributed by atoms with Crippen LogP contribution in [0.1, 0.15) is 11.1 Å². The van der Waals surface area contributed by atoms with Gasteiger partial charge in [-0.05, 0) is 55.3 Å². The molecule has 5 aromatic rings. The second-order valence-corrected chi connectivity index (χ2v) is 6.97. The zero-order chi connectivity index (χ0) is 19.1. The number of fused-ring (bicyclic) bond motifs is 2. The normalized spacial score (nSPS) is 11.2. The molecule has 0 aliphatic carbocycles. The Balaban J connectivity index is 1.68. The summed E-state index contributed by atoms with van der Waals surface area (Å²) in [5, 5.41) is 0. The Kier molecular flexibility index (Phi) is 3.83. The first kappa shape index (κ1) is 16.5. The highest BCUT2D eigenvalue weighted by molar-refractivity contribution is 5.81. The fraction of sp³-hybridized carbons (Fsp3) is 0.0833. The molecule has 5 rings (SSSR count). The maximum atomic E-state index is 4.82. The third-order valence-corrected chi connectivity index (χ3v) is 5.02. The number of benzene rings is 3. The fourth-order valence-corrected chi connectivity index (χ4v) is 3.58. The van der Waals surface area contributed by atoms with Gasteiger partial charge in [0.1, 0.15) is 0 Å². The first-order valence-corrected chi connectivity index (χ1v) is 9.24. The molecule has 0 N–H and O–H groups in total. The van der Waals surface area contributed by atoms with Gasteiger partial charge in [-0.1, -0.05) is 30.3 Å². The molecule has 2 aromatic heterocycles. The molecule has 134 valence electrons. The maximum absolute atomic E-state index is 4.82. The molecule has 0 aliphatic heterocycles. The number of hydrogen-bond donors (Lipinski definition) is 0. The Hall–Kier alpha value is -3.66. The molecule has 0 unspecified atom stereocenters. The molecule has 0 saturated heterocycles. The van der Waals surface area contributed by atoms with E-state index in [0.717, 1.165) is 44.6 Å². The summed E-state index contributed by atoms with van der Waals surface area (Å²) in [6.45, 7) is 4.21. The van der Waals surface area contributed by atoms with Crippen LogP contribution in [-0.2, 0) is 0 Å². The highest BCUT2D eigenvalue weighted by Gasteiger charge is 2.12. The highest BCUT2D eigenvalue weighted by atomic mass is 14.8. The molecule has 4 heteroatoms. The summed E-state index contributed by atoms with van der Waals surface area (Å²) >= 11 is 0. The van der Waals surface area contributed by atoms with Crippen molar-refractivity contribution in [2.45, 2.75) is 13.8 Å². The Morgan fingerprint density at radius 3 is 1.43 bits per heavy atom. The molecular formula is C24H18N4. The zero-order valence-electron chi connectivity index (χ0n) is 15.7. The molecule has 0 amide bonds. The van der Waals surface area contributed by atoms with E-state index < -0.39 is 0 Å². The average Bonchev–Trinajstić information content (AvgIpc) is 2.73. The van der Waals surface area contributed by atoms with Crippen molar-refractivity contribution < 1.29 is 0 Å². The van der Waals surface area contributed by atoms with E-state index in [4.69, 9.17) is 9.97 Å². The topological polar surface area (TPSA) is 51.6 Å². The monoisotopic (exact) mass is 362 g/mol. The van der Waals surface area contributed by atoms with Gasteiger partial charge in [0.15, 0.2) is 0 Å². The van der Waals surface area contributed by atoms with Crippen molar-refractivity contribution in [1.29, 1.82) is 0 Å². The van der Waals surface area contributed by atoms with E-state index in [9.17, 15) is 0 Å². The summed E-state index contributed by atoms with van der Waals surface area (Å²) in [6, 6.07) is 20.2. The third kappa shape index (κ3) is 2.79. The van der Waals surface area contributed by atoms with E-state index in [1.54, 1.807) is 0 Å². The Bertz CT molecular complexity index is 1240. The lowest BCUT2D eigenvalue weighted by atomic mass is 9.96. The average molecular weight is 362 g/mol. The van der Waals surface area contributed by atoms with Gasteiger partial charge in [0, 0.05) is 11.1 Å². The van der Waals surface area contributed by atoms with Gasteiger partial charge in [-0.2, -0.15) is 0 Å². The maximum Gasteiger partial charge on any atom is 0.0895 e. The second-order valence-electron chi connectivity index (χ2n) is 6.97. The van der Waals surface area contributed by atoms with Crippen molar-refractivity contribution in [2.24, 2.45) is 0 Å². The van der Waals surface area contributed by atoms with E-state index in [1.165, 1.54) is 11.1 Å². The van der Waals surface area contributed by atoms with Crippen LogP contribution in [0.3, 0.4) is 0 Å². The molecule has 0 bridgehead atoms. The first-order chi connectivity index (χ1) is 13.7. The van der Waals surface area contributed by atoms with Gasteiger partial charge in [-0.15, -0.1) is 0 Å². The minimum absolute atomic E-state index is 0.867. The molecule has 28 heavy (non-hydrogen) atoms. The van der Waals surface area contributed by atoms with Crippen molar-refractivity contribution in [1.82, 2.24) is 19.9 Å². The minimum Gasteiger partial charge on any atom is -0.252 e. The number of aryl methyl sites for hydroxylation is 2. The molecule has 0 fully saturated rings. The van der Waals surface area contributed by atoms with Crippen molar-refractivity contribution >= 4 is 22.1 Å². The minimum atomic E-state index is 0.867. The number of para-hydroxylation sites is 4. The Morgan fingerprint density at radius 1 is 0.536 bits per heavy atom. The van der Waals surface area contributed by atoms with Gasteiger partial charge in [0.05, 0.1) is 45.8 Å². The smallest absolute Gasteiger partial charge is 0.0895 e. The standard InChI is InChI=1S/C24H18N4/c1-15-11-16(2)18(24-14-26-20-8-4-6-10-22(20)28-24)12-17(15)23-13-25-19-7-3-5-9-21(19)27-23/h3-14H,1-2H3. The molecule has 2 heterocycles. The lowest BCUT2D eigenvalue weighted by Crippen LogP contribution is -1.95. The van der Waals surface area contributed by atoms with Gasteiger partial charge in [-0.25, -0.2) is 9.97 Å². The number of hydrogen-bond acceptors (Lipinski definition) is 4. The van der Waals surface area contributed by atoms with Crippen LogP contribution in [0.15, 0.2) is 73.1 Å². The van der Waals surface area contributed by atoms with Crippen molar-refractivity contribution in [3.8, 4) is 22.5 Å². The lowest BCUT2D eigenvalue weighted by molar-refractivity contribution is 1.25. The molecule has 0 radical (unpaired) electrons. The fourth-order valence-electron chi connectivity index (χ4n) is 3.58. The van der Waals surface area contributed by atoms with Crippen molar-refractivity contribution in [3.63, 3.8) is 0 Å². The van der Waals surface area contributed by atoms with E-state index >= 15 is 0 Å². The van der Waals surface area contributed by atoms with E-state index in [0.29, 0.717) is 0 Å². The number of aromatic nitrogens is 4. The summed E-state index contributed by atoms with van der Waals surface area (Å²) in [6.07, 6.45) is 3.69. The number of rotatable bonds is 2. The van der Waals surface area contributed by atoms with Crippen LogP contribution >= 0.6 is 0 Å². The van der Waals surface area contributed by atoms with Crippen LogP contribution in [0.4, 0.5) is 0 Å². The van der Waals surface area contributed by atoms with Crippen LogP contribution < -0.4 is 0 Å². The SMILES string of the molecule is Cc1cc(C)c(-c2cnc3ccccc3n2)cc1-c1cnc2ccccc2n1. The van der Waals surface area contributed by atoms with Crippen LogP contribution in [-0.4, -0.2) is 19.9 Å². The Morgan fingerprint density at radius 2 is 0.964 bits per heavy atom. The van der Waals surface area contributed by atoms with Crippen LogP contribution in [0.25, 0.3) is 44.6 Å². The van der Waals surface area contributed by atoms with Gasteiger partial charge in [0.25, 0.3) is 0 Å². The summed E-state index contributed by atoms with van der Waals surface area (Å²) in [5.41, 5.74) is 9.78. The zero-order valence-corrected chi connectivity index (χ0v) is 15.7. The van der Waals surface area contributed by atoms with E-state index in [-0.39, 0.29) is 0 Å². The van der Waals surface area contributed by atoms with E-state index in [2.05, 4.69) is 35.9 Å². The van der Waals surface area contributed by atoms with Crippen LogP contribution in [0.2, 0.25) is 0 Å². The highest BCUT2D eigenvalue weighted by Crippen LogP contribution is 2.31. The molecule has 0 aliphatic rings. The summed E-state index contributed by atoms with van der Waals surface area (Å²) in [7, 11) is 0. The summed E-state index contributed by atoms with van der Waals surface area (Å²) < 4.78 is 0. The van der Waals surface area contributed by atoms with Crippen molar-refractivity contribution in [2.75, 3.05) is 0 Å². The van der Waals surface area contributed by atoms with E-state index in [1.807, 2.05) is 60.9 Å². The second kappa shape index (κ2) is 6.50. The van der Waals surface area contributed by atoms with Gasteiger partial charge >= 0.3 is 0 Å². The molecule has 0 spiro atoms. The molecule has 0 saturated carbocycles. The third-order valence-electron chi connectivity index (χ3n) is 5.02. The summed E-state index contributed by atoms with van der Waals surface area (Å²) in [5.74, 6) is 0. The predicted molar refractivity (Wildman–Crippen MR) is 113 cm³/mol. The number of nitrogens with zero attached hydrogens (tertiary/aromatic N) is 4. The van der Waals surface area contributed by atoms with Crippen LogP contribution in [0.5, 0.6) is 0 Å². The molecule has 0 atom stereocenters. The van der Waals surface area contributed by atoms with Gasteiger partial charge < -0.3 is 0 Å². The molecule has 4 nitrogen and oxygen atoms in total. The van der Waals surface area contributed by atoms with Gasteiger partial charge in [0.2, 0.25) is 0 Å². The van der Waals surface area contributed by atoms with Crippen molar-refractivity contribution in [3.05, 3.63) is 84.2 Å². The lowest BCUT2D eigenvalue weighted by Gasteiger charge is -2.12. The molecule has 3 aromatic carbocycles. The summed E-state index contributed by atoms with van der Waals surface area (Å²) in [4.78, 5) is 18.8. The first-order valence-electron chi connectivity index (χ1n) is 9.24. The predicted octanol–water partition coefficient (Wildman–Crippen LogP) is 5.52. The quantitative estimate of drug-likeness (QED) is 0.415. The van der Waals surface area contributed by atoms with Gasteiger partial charge in [-0.3, -0.25) is 9.97 Å². The van der Waals surface area contributed by atoms with Crippen LogP contribution in [0, 0.1) is 13.8 Å². The molecular weight excluding hydrogens is 344 g/mol. The largest absolute Gasteiger partial charge is 0.252 e. The Labute approximate surface area is 163 Å².